The van der Waals surface area contributed by atoms with E-state index in [-0.39, 0.29) is 10.7 Å². The smallest absolute Gasteiger partial charge is 0.335 e. The molecule has 0 aliphatic carbocycles. The Morgan fingerprint density at radius 1 is 1.10 bits per heavy atom. The summed E-state index contributed by atoms with van der Waals surface area (Å²) in [5.41, 5.74) is 6.86. The highest BCUT2D eigenvalue weighted by Gasteiger charge is 2.02. The van der Waals surface area contributed by atoms with Gasteiger partial charge in [0.05, 0.1) is 16.9 Å². The number of hydrogen-bond acceptors (Lipinski definition) is 4. The summed E-state index contributed by atoms with van der Waals surface area (Å²) in [6.07, 6.45) is 0. The van der Waals surface area contributed by atoms with Crippen molar-refractivity contribution in [1.29, 1.82) is 0 Å². The van der Waals surface area contributed by atoms with E-state index in [0.29, 0.717) is 11.4 Å². The first-order valence-electron chi connectivity index (χ1n) is 6.01. The van der Waals surface area contributed by atoms with E-state index in [1.54, 1.807) is 24.3 Å². The lowest BCUT2D eigenvalue weighted by molar-refractivity contribution is 0.0697. The maximum Gasteiger partial charge on any atom is 0.335 e. The number of hydrazine groups is 1. The fraction of sp³-hybridized carbons (Fsp3) is 0. The molecular weight excluding hydrogens is 288 g/mol. The third-order valence-corrected chi connectivity index (χ3v) is 2.62. The van der Waals surface area contributed by atoms with Crippen LogP contribution in [0.25, 0.3) is 0 Å². The molecule has 0 bridgehead atoms. The highest BCUT2D eigenvalue weighted by molar-refractivity contribution is 7.80. The fourth-order valence-electron chi connectivity index (χ4n) is 1.48. The lowest BCUT2D eigenvalue weighted by atomic mass is 10.2. The van der Waals surface area contributed by atoms with Crippen molar-refractivity contribution < 1.29 is 9.90 Å². The molecule has 0 spiro atoms. The average Bonchev–Trinajstić information content (AvgIpc) is 2.52. The number of azo groups is 1. The van der Waals surface area contributed by atoms with E-state index in [1.807, 2.05) is 18.2 Å². The van der Waals surface area contributed by atoms with Gasteiger partial charge in [-0.25, -0.2) is 4.79 Å². The second-order valence-electron chi connectivity index (χ2n) is 3.98. The van der Waals surface area contributed by atoms with Crippen LogP contribution >= 0.6 is 12.2 Å². The van der Waals surface area contributed by atoms with Gasteiger partial charge in [-0.05, 0) is 42.5 Å². The third kappa shape index (κ3) is 4.66. The van der Waals surface area contributed by atoms with Gasteiger partial charge >= 0.3 is 5.97 Å². The molecule has 2 rings (SSSR count). The number of nitrogens with zero attached hydrogens (tertiary/aromatic N) is 2. The zero-order chi connectivity index (χ0) is 15.1. The van der Waals surface area contributed by atoms with Crippen LogP contribution in [-0.4, -0.2) is 16.2 Å². The Labute approximate surface area is 126 Å². The molecule has 0 radical (unpaired) electrons. The standard InChI is InChI=1S/C14H12N4O2S/c19-13(20)10-5-4-8-12(9-10)16-18-14(21)17-15-11-6-2-1-3-7-11/h1-9,16H,(H,18,21)(H,19,20). The Hall–Kier alpha value is -2.80. The number of anilines is 1. The molecule has 2 aromatic rings. The van der Waals surface area contributed by atoms with Crippen molar-refractivity contribution >= 4 is 34.7 Å². The van der Waals surface area contributed by atoms with Crippen LogP contribution < -0.4 is 10.9 Å². The second kappa shape index (κ2) is 7.11. The number of rotatable bonds is 4. The summed E-state index contributed by atoms with van der Waals surface area (Å²) >= 11 is 4.99. The molecule has 0 atom stereocenters. The molecule has 0 amide bonds. The van der Waals surface area contributed by atoms with E-state index in [2.05, 4.69) is 21.1 Å². The van der Waals surface area contributed by atoms with Gasteiger partial charge in [-0.1, -0.05) is 24.3 Å². The lowest BCUT2D eigenvalue weighted by Gasteiger charge is -2.07. The maximum absolute atomic E-state index is 10.8. The van der Waals surface area contributed by atoms with Crippen LogP contribution in [0, 0.1) is 0 Å². The Morgan fingerprint density at radius 2 is 1.86 bits per heavy atom. The van der Waals surface area contributed by atoms with Gasteiger partial charge in [-0.3, -0.25) is 10.9 Å². The SMILES string of the molecule is O=C(O)c1cccc(NNC(=S)N=Nc2ccccc2)c1. The molecule has 0 fully saturated rings. The van der Waals surface area contributed by atoms with Crippen LogP contribution in [0.2, 0.25) is 0 Å². The summed E-state index contributed by atoms with van der Waals surface area (Å²) in [4.78, 5) is 10.8. The van der Waals surface area contributed by atoms with Crippen LogP contribution in [0.5, 0.6) is 0 Å². The largest absolute Gasteiger partial charge is 0.478 e. The minimum Gasteiger partial charge on any atom is -0.478 e. The molecule has 0 aliphatic heterocycles. The van der Waals surface area contributed by atoms with Gasteiger partial charge in [0.1, 0.15) is 0 Å². The van der Waals surface area contributed by atoms with Gasteiger partial charge in [0.25, 0.3) is 0 Å². The van der Waals surface area contributed by atoms with E-state index < -0.39 is 5.97 Å². The van der Waals surface area contributed by atoms with Crippen molar-refractivity contribution in [2.24, 2.45) is 10.2 Å². The summed E-state index contributed by atoms with van der Waals surface area (Å²) in [5, 5.41) is 16.8. The van der Waals surface area contributed by atoms with Gasteiger partial charge in [-0.15, -0.1) is 10.2 Å². The Kier molecular flexibility index (Phi) is 4.94. The van der Waals surface area contributed by atoms with Crippen LogP contribution in [-0.2, 0) is 0 Å². The number of thiocarbonyl (C=S) groups is 1. The first-order chi connectivity index (χ1) is 10.1. The molecule has 3 N–H and O–H groups in total. The number of hydrogen-bond donors (Lipinski definition) is 3. The van der Waals surface area contributed by atoms with E-state index >= 15 is 0 Å². The number of aromatic carboxylic acids is 1. The monoisotopic (exact) mass is 300 g/mol. The number of carboxylic acid groups (broad SMARTS) is 1. The average molecular weight is 300 g/mol. The Bertz CT molecular complexity index is 674. The topological polar surface area (TPSA) is 86.1 Å². The number of benzene rings is 2. The highest BCUT2D eigenvalue weighted by Crippen LogP contribution is 2.11. The first kappa shape index (κ1) is 14.6. The minimum atomic E-state index is -0.995. The molecule has 21 heavy (non-hydrogen) atoms. The fourth-order valence-corrected chi connectivity index (χ4v) is 1.57. The molecular formula is C14H12N4O2S. The predicted molar refractivity (Wildman–Crippen MR) is 83.7 cm³/mol. The van der Waals surface area contributed by atoms with Gasteiger partial charge in [-0.2, -0.15) is 0 Å². The Morgan fingerprint density at radius 3 is 2.57 bits per heavy atom. The molecule has 0 aromatic heterocycles. The highest BCUT2D eigenvalue weighted by atomic mass is 32.1. The zero-order valence-corrected chi connectivity index (χ0v) is 11.7. The van der Waals surface area contributed by atoms with Crippen molar-refractivity contribution in [2.75, 3.05) is 5.43 Å². The van der Waals surface area contributed by atoms with Crippen LogP contribution in [0.15, 0.2) is 64.8 Å². The quantitative estimate of drug-likeness (QED) is 0.458. The van der Waals surface area contributed by atoms with Crippen molar-refractivity contribution in [3.8, 4) is 0 Å². The maximum atomic E-state index is 10.8. The van der Waals surface area contributed by atoms with Crippen LogP contribution in [0.4, 0.5) is 11.4 Å². The predicted octanol–water partition coefficient (Wildman–Crippen LogP) is 3.37. The van der Waals surface area contributed by atoms with Crippen molar-refractivity contribution in [3.05, 3.63) is 60.2 Å². The Balaban J connectivity index is 1.91. The van der Waals surface area contributed by atoms with E-state index in [4.69, 9.17) is 17.3 Å². The van der Waals surface area contributed by atoms with Gasteiger partial charge in [0.15, 0.2) is 0 Å². The molecule has 0 saturated heterocycles. The number of carboxylic acids is 1. The summed E-state index contributed by atoms with van der Waals surface area (Å²) in [5.74, 6) is -0.995. The lowest BCUT2D eigenvalue weighted by Crippen LogP contribution is -2.26. The second-order valence-corrected chi connectivity index (χ2v) is 4.36. The number of carbonyl (C=O) groups is 1. The molecule has 0 unspecified atom stereocenters. The van der Waals surface area contributed by atoms with Gasteiger partial charge < -0.3 is 5.11 Å². The van der Waals surface area contributed by atoms with Crippen molar-refractivity contribution in [1.82, 2.24) is 5.43 Å². The van der Waals surface area contributed by atoms with Gasteiger partial charge in [0.2, 0.25) is 5.11 Å². The first-order valence-corrected chi connectivity index (χ1v) is 6.42. The third-order valence-electron chi connectivity index (χ3n) is 2.44. The molecule has 6 nitrogen and oxygen atoms in total. The summed E-state index contributed by atoms with van der Waals surface area (Å²) < 4.78 is 0. The summed E-state index contributed by atoms with van der Waals surface area (Å²) in [6.45, 7) is 0. The van der Waals surface area contributed by atoms with Crippen LogP contribution in [0.1, 0.15) is 10.4 Å². The molecule has 106 valence electrons. The van der Waals surface area contributed by atoms with Crippen molar-refractivity contribution in [3.63, 3.8) is 0 Å². The number of nitrogens with one attached hydrogen (secondary N) is 2. The van der Waals surface area contributed by atoms with E-state index in [0.717, 1.165) is 0 Å². The summed E-state index contributed by atoms with van der Waals surface area (Å²) in [7, 11) is 0. The normalized spacial score (nSPS) is 10.3. The van der Waals surface area contributed by atoms with E-state index in [9.17, 15) is 4.79 Å². The molecule has 0 heterocycles. The molecule has 0 aliphatic rings. The van der Waals surface area contributed by atoms with E-state index in [1.165, 1.54) is 12.1 Å². The zero-order valence-electron chi connectivity index (χ0n) is 10.9. The van der Waals surface area contributed by atoms with Crippen LogP contribution in [0.3, 0.4) is 0 Å². The molecule has 2 aromatic carbocycles. The molecule has 0 saturated carbocycles. The minimum absolute atomic E-state index is 0.139. The molecule has 7 heteroatoms. The summed E-state index contributed by atoms with van der Waals surface area (Å²) in [6, 6.07) is 15.5. The van der Waals surface area contributed by atoms with Crippen molar-refractivity contribution in [2.45, 2.75) is 0 Å². The van der Waals surface area contributed by atoms with Gasteiger partial charge in [0, 0.05) is 0 Å².